The lowest BCUT2D eigenvalue weighted by Gasteiger charge is -2.23. The van der Waals surface area contributed by atoms with Gasteiger partial charge in [-0.1, -0.05) is 5.16 Å². The van der Waals surface area contributed by atoms with Crippen molar-refractivity contribution in [1.29, 1.82) is 0 Å². The van der Waals surface area contributed by atoms with Gasteiger partial charge in [-0.05, 0) is 50.5 Å². The molecule has 0 bridgehead atoms. The molecule has 1 N–H and O–H groups in total. The lowest BCUT2D eigenvalue weighted by Crippen LogP contribution is -2.43. The normalized spacial score (nSPS) is 18.0. The van der Waals surface area contributed by atoms with E-state index < -0.39 is 22.0 Å². The quantitative estimate of drug-likeness (QED) is 0.853. The number of benzene rings is 1. The van der Waals surface area contributed by atoms with Crippen LogP contribution < -0.4 is 10.1 Å². The Morgan fingerprint density at radius 2 is 2.12 bits per heavy atom. The number of aromatic nitrogens is 1. The van der Waals surface area contributed by atoms with Gasteiger partial charge < -0.3 is 14.6 Å². The molecule has 1 aliphatic heterocycles. The zero-order chi connectivity index (χ0) is 18.9. The molecule has 2 heterocycles. The van der Waals surface area contributed by atoms with Crippen LogP contribution in [0.3, 0.4) is 0 Å². The number of nitrogens with one attached hydrogen (secondary N) is 1. The van der Waals surface area contributed by atoms with Gasteiger partial charge >= 0.3 is 0 Å². The van der Waals surface area contributed by atoms with E-state index in [4.69, 9.17) is 9.26 Å². The number of sulfonamides is 1. The van der Waals surface area contributed by atoms with Gasteiger partial charge in [0.1, 0.15) is 17.6 Å². The Morgan fingerprint density at radius 1 is 1.35 bits per heavy atom. The summed E-state index contributed by atoms with van der Waals surface area (Å²) in [6.45, 7) is 3.78. The van der Waals surface area contributed by atoms with Gasteiger partial charge in [0.05, 0.1) is 12.0 Å². The summed E-state index contributed by atoms with van der Waals surface area (Å²) in [5, 5.41) is 6.33. The smallest absolute Gasteiger partial charge is 0.244 e. The highest BCUT2D eigenvalue weighted by atomic mass is 32.2. The van der Waals surface area contributed by atoms with Gasteiger partial charge in [-0.3, -0.25) is 4.79 Å². The highest BCUT2D eigenvalue weighted by Crippen LogP contribution is 2.29. The third kappa shape index (κ3) is 3.45. The molecule has 0 spiro atoms. The van der Waals surface area contributed by atoms with Crippen molar-refractivity contribution in [3.63, 3.8) is 0 Å². The van der Waals surface area contributed by atoms with E-state index in [9.17, 15) is 13.2 Å². The predicted octanol–water partition coefficient (Wildman–Crippen LogP) is 2.09. The fraction of sp³-hybridized carbons (Fsp3) is 0.412. The first-order chi connectivity index (χ1) is 12.3. The number of anilines is 1. The fourth-order valence-electron chi connectivity index (χ4n) is 3.07. The Hall–Kier alpha value is -2.39. The average molecular weight is 379 g/mol. The number of hydrogen-bond acceptors (Lipinski definition) is 6. The molecule has 1 saturated heterocycles. The molecule has 1 fully saturated rings. The van der Waals surface area contributed by atoms with Crippen molar-refractivity contribution in [2.75, 3.05) is 19.0 Å². The van der Waals surface area contributed by atoms with Crippen molar-refractivity contribution < 1.29 is 22.5 Å². The minimum absolute atomic E-state index is 0.146. The summed E-state index contributed by atoms with van der Waals surface area (Å²) in [6.07, 6.45) is 1.07. The zero-order valence-electron chi connectivity index (χ0n) is 14.9. The molecule has 26 heavy (non-hydrogen) atoms. The van der Waals surface area contributed by atoms with E-state index in [-0.39, 0.29) is 10.7 Å². The molecule has 2 aromatic rings. The first-order valence-electron chi connectivity index (χ1n) is 8.23. The molecule has 0 saturated carbocycles. The maximum absolute atomic E-state index is 13.0. The highest BCUT2D eigenvalue weighted by molar-refractivity contribution is 7.89. The van der Waals surface area contributed by atoms with E-state index in [2.05, 4.69) is 10.5 Å². The maximum atomic E-state index is 13.0. The second kappa shape index (κ2) is 7.08. The zero-order valence-corrected chi connectivity index (χ0v) is 15.7. The molecule has 0 aliphatic carbocycles. The monoisotopic (exact) mass is 379 g/mol. The molecule has 9 heteroatoms. The third-order valence-electron chi connectivity index (χ3n) is 4.36. The van der Waals surface area contributed by atoms with Crippen LogP contribution >= 0.6 is 0 Å². The number of methoxy groups -OCH3 is 1. The summed E-state index contributed by atoms with van der Waals surface area (Å²) in [5.41, 5.74) is 0.715. The minimum Gasteiger partial charge on any atom is -0.496 e. The van der Waals surface area contributed by atoms with E-state index in [1.54, 1.807) is 32.0 Å². The van der Waals surface area contributed by atoms with Gasteiger partial charge in [-0.15, -0.1) is 0 Å². The van der Waals surface area contributed by atoms with Crippen LogP contribution in [0.25, 0.3) is 0 Å². The molecule has 140 valence electrons. The molecule has 1 atom stereocenters. The molecule has 0 unspecified atom stereocenters. The first-order valence-corrected chi connectivity index (χ1v) is 9.67. The highest BCUT2D eigenvalue weighted by Gasteiger charge is 2.39. The number of nitrogens with zero attached hydrogens (tertiary/aromatic N) is 2. The summed E-state index contributed by atoms with van der Waals surface area (Å²) in [6, 6.07) is 5.47. The van der Waals surface area contributed by atoms with Crippen LogP contribution in [0.4, 0.5) is 5.82 Å². The molecular formula is C17H21N3O5S. The molecule has 0 radical (unpaired) electrons. The van der Waals surface area contributed by atoms with Crippen molar-refractivity contribution in [1.82, 2.24) is 9.46 Å². The number of aryl methyl sites for hydroxylation is 2. The molecule has 1 aliphatic rings. The number of rotatable bonds is 5. The molecule has 1 amide bonds. The lowest BCUT2D eigenvalue weighted by molar-refractivity contribution is -0.119. The number of hydrogen-bond donors (Lipinski definition) is 1. The minimum atomic E-state index is -3.79. The van der Waals surface area contributed by atoms with E-state index in [1.807, 2.05) is 0 Å². The Balaban J connectivity index is 1.84. The molecule has 1 aromatic carbocycles. The van der Waals surface area contributed by atoms with Crippen LogP contribution in [0.15, 0.2) is 33.7 Å². The molecule has 8 nitrogen and oxygen atoms in total. The Morgan fingerprint density at radius 3 is 2.73 bits per heavy atom. The van der Waals surface area contributed by atoms with Crippen molar-refractivity contribution in [3.05, 3.63) is 35.6 Å². The van der Waals surface area contributed by atoms with Crippen LogP contribution in [0.5, 0.6) is 5.75 Å². The van der Waals surface area contributed by atoms with Gasteiger partial charge in [0.2, 0.25) is 15.9 Å². The van der Waals surface area contributed by atoms with Crippen LogP contribution in [0, 0.1) is 13.8 Å². The lowest BCUT2D eigenvalue weighted by atomic mass is 10.2. The summed E-state index contributed by atoms with van der Waals surface area (Å²) in [7, 11) is -2.26. The van der Waals surface area contributed by atoms with Gasteiger partial charge in [-0.25, -0.2) is 8.42 Å². The Bertz CT molecular complexity index is 922. The van der Waals surface area contributed by atoms with Crippen molar-refractivity contribution in [2.24, 2.45) is 0 Å². The maximum Gasteiger partial charge on any atom is 0.244 e. The van der Waals surface area contributed by atoms with Crippen LogP contribution in [-0.4, -0.2) is 43.5 Å². The summed E-state index contributed by atoms with van der Waals surface area (Å²) in [4.78, 5) is 12.7. The standard InChI is InChI=1S/C17H21N3O5S/c1-11-9-13(6-7-15(11)24-3)26(22,23)20-8-4-5-14(20)17(21)18-16-10-12(2)25-19-16/h6-7,9-10,14H,4-5,8H2,1-3H3,(H,18,19,21)/t14-/m1/s1. The SMILES string of the molecule is COc1ccc(S(=O)(=O)N2CCC[C@@H]2C(=O)Nc2cc(C)on2)cc1C. The largest absolute Gasteiger partial charge is 0.496 e. The molecule has 3 rings (SSSR count). The second-order valence-corrected chi connectivity index (χ2v) is 8.11. The second-order valence-electron chi connectivity index (χ2n) is 6.22. The molecule has 1 aromatic heterocycles. The average Bonchev–Trinajstić information content (AvgIpc) is 3.24. The van der Waals surface area contributed by atoms with Gasteiger partial charge in [0.25, 0.3) is 0 Å². The first kappa shape index (κ1) is 18.4. The predicted molar refractivity (Wildman–Crippen MR) is 94.5 cm³/mol. The summed E-state index contributed by atoms with van der Waals surface area (Å²) >= 11 is 0. The van der Waals surface area contributed by atoms with Gasteiger partial charge in [0.15, 0.2) is 5.82 Å². The van der Waals surface area contributed by atoms with Gasteiger partial charge in [0, 0.05) is 12.6 Å². The number of ether oxygens (including phenoxy) is 1. The van der Waals surface area contributed by atoms with Crippen LogP contribution in [0.1, 0.15) is 24.2 Å². The summed E-state index contributed by atoms with van der Waals surface area (Å²) < 4.78 is 37.4. The summed E-state index contributed by atoms with van der Waals surface area (Å²) in [5.74, 6) is 1.03. The number of carbonyl (C=O) groups excluding carboxylic acids is 1. The van der Waals surface area contributed by atoms with Crippen LogP contribution in [0.2, 0.25) is 0 Å². The topological polar surface area (TPSA) is 102 Å². The van der Waals surface area contributed by atoms with Crippen molar-refractivity contribution in [2.45, 2.75) is 37.6 Å². The Labute approximate surface area is 152 Å². The number of amides is 1. The van der Waals surface area contributed by atoms with Crippen LogP contribution in [-0.2, 0) is 14.8 Å². The van der Waals surface area contributed by atoms with Crippen molar-refractivity contribution in [3.8, 4) is 5.75 Å². The van der Waals surface area contributed by atoms with E-state index in [0.29, 0.717) is 36.5 Å². The van der Waals surface area contributed by atoms with E-state index in [1.165, 1.54) is 17.5 Å². The van der Waals surface area contributed by atoms with Crippen molar-refractivity contribution >= 4 is 21.7 Å². The molecular weight excluding hydrogens is 358 g/mol. The Kier molecular flexibility index (Phi) is 5.01. The van der Waals surface area contributed by atoms with E-state index >= 15 is 0 Å². The third-order valence-corrected chi connectivity index (χ3v) is 6.26. The van der Waals surface area contributed by atoms with Gasteiger partial charge in [-0.2, -0.15) is 4.31 Å². The number of carbonyl (C=O) groups is 1. The van der Waals surface area contributed by atoms with E-state index in [0.717, 1.165) is 0 Å². The fourth-order valence-corrected chi connectivity index (χ4v) is 4.81.